The molecule has 3 nitrogen and oxygen atoms in total. The molecule has 0 bridgehead atoms. The summed E-state index contributed by atoms with van der Waals surface area (Å²) in [6, 6.07) is 14.2. The lowest BCUT2D eigenvalue weighted by Gasteiger charge is -2.14. The zero-order valence-corrected chi connectivity index (χ0v) is 11.5. The second-order valence-electron chi connectivity index (χ2n) is 5.08. The van der Waals surface area contributed by atoms with Crippen molar-refractivity contribution < 1.29 is 13.9 Å². The average molecular weight is 285 g/mol. The first kappa shape index (κ1) is 13.6. The highest BCUT2D eigenvalue weighted by atomic mass is 19.1. The number of aryl methyl sites for hydroxylation is 1. The molecule has 1 atom stereocenters. The van der Waals surface area contributed by atoms with Crippen molar-refractivity contribution in [1.82, 2.24) is 5.32 Å². The third-order valence-electron chi connectivity index (χ3n) is 3.66. The summed E-state index contributed by atoms with van der Waals surface area (Å²) in [6.07, 6.45) is 1.86. The maximum absolute atomic E-state index is 13.4. The number of benzene rings is 2. The lowest BCUT2D eigenvalue weighted by Crippen LogP contribution is -2.31. The minimum absolute atomic E-state index is 0.0259. The lowest BCUT2D eigenvalue weighted by molar-refractivity contribution is -0.123. The predicted octanol–water partition coefficient (Wildman–Crippen LogP) is 3.01. The highest BCUT2D eigenvalue weighted by Gasteiger charge is 2.23. The number of carbonyl (C=O) groups excluding carboxylic acids is 1. The van der Waals surface area contributed by atoms with Gasteiger partial charge in [-0.05, 0) is 36.1 Å². The maximum Gasteiger partial charge on any atom is 0.258 e. The molecule has 1 aliphatic rings. The lowest BCUT2D eigenvalue weighted by atomic mass is 10.1. The summed E-state index contributed by atoms with van der Waals surface area (Å²) >= 11 is 0. The largest absolute Gasteiger partial charge is 0.481 e. The first-order valence-corrected chi connectivity index (χ1v) is 6.98. The van der Waals surface area contributed by atoms with Gasteiger partial charge in [0.05, 0.1) is 6.04 Å². The second-order valence-corrected chi connectivity index (χ2v) is 5.08. The average Bonchev–Trinajstić information content (AvgIpc) is 2.90. The van der Waals surface area contributed by atoms with E-state index in [4.69, 9.17) is 4.74 Å². The molecule has 1 aliphatic carbocycles. The monoisotopic (exact) mass is 285 g/mol. The van der Waals surface area contributed by atoms with Crippen LogP contribution in [0.4, 0.5) is 4.39 Å². The molecule has 0 aliphatic heterocycles. The summed E-state index contributed by atoms with van der Waals surface area (Å²) in [5, 5.41) is 2.94. The van der Waals surface area contributed by atoms with Crippen molar-refractivity contribution in [3.05, 3.63) is 65.5 Å². The summed E-state index contributed by atoms with van der Waals surface area (Å²) in [6.45, 7) is -0.181. The van der Waals surface area contributed by atoms with Crippen LogP contribution in [0.3, 0.4) is 0 Å². The molecule has 0 saturated carbocycles. The van der Waals surface area contributed by atoms with E-state index in [9.17, 15) is 9.18 Å². The molecule has 0 heterocycles. The van der Waals surface area contributed by atoms with Crippen molar-refractivity contribution in [2.24, 2.45) is 0 Å². The number of amides is 1. The molecule has 108 valence electrons. The Kier molecular flexibility index (Phi) is 3.86. The number of ether oxygens (including phenoxy) is 1. The molecule has 0 aromatic heterocycles. The summed E-state index contributed by atoms with van der Waals surface area (Å²) in [5.74, 6) is -0.601. The highest BCUT2D eigenvalue weighted by Crippen LogP contribution is 2.30. The molecule has 0 saturated heterocycles. The quantitative estimate of drug-likeness (QED) is 0.937. The number of halogens is 1. The van der Waals surface area contributed by atoms with Crippen LogP contribution < -0.4 is 10.1 Å². The van der Waals surface area contributed by atoms with Gasteiger partial charge in [-0.1, -0.05) is 36.4 Å². The van der Waals surface area contributed by atoms with Crippen LogP contribution in [-0.4, -0.2) is 12.5 Å². The number of para-hydroxylation sites is 1. The van der Waals surface area contributed by atoms with Gasteiger partial charge in [0.15, 0.2) is 18.2 Å². The Balaban J connectivity index is 1.57. The van der Waals surface area contributed by atoms with Gasteiger partial charge in [-0.15, -0.1) is 0 Å². The highest BCUT2D eigenvalue weighted by molar-refractivity contribution is 5.78. The van der Waals surface area contributed by atoms with Crippen molar-refractivity contribution in [1.29, 1.82) is 0 Å². The number of rotatable bonds is 4. The Morgan fingerprint density at radius 2 is 1.95 bits per heavy atom. The van der Waals surface area contributed by atoms with E-state index < -0.39 is 5.82 Å². The zero-order valence-electron chi connectivity index (χ0n) is 11.5. The van der Waals surface area contributed by atoms with Crippen LogP contribution in [0.1, 0.15) is 23.6 Å². The third-order valence-corrected chi connectivity index (χ3v) is 3.66. The molecular weight excluding hydrogens is 269 g/mol. The fourth-order valence-electron chi connectivity index (χ4n) is 2.65. The molecular formula is C17H16FNO2. The molecule has 2 aromatic carbocycles. The Morgan fingerprint density at radius 3 is 2.81 bits per heavy atom. The van der Waals surface area contributed by atoms with Crippen molar-refractivity contribution >= 4 is 5.91 Å². The van der Waals surface area contributed by atoms with Crippen LogP contribution in [0, 0.1) is 5.82 Å². The molecule has 0 radical (unpaired) electrons. The topological polar surface area (TPSA) is 38.3 Å². The minimum Gasteiger partial charge on any atom is -0.481 e. The number of hydrogen-bond acceptors (Lipinski definition) is 2. The normalized spacial score (nSPS) is 16.3. The molecule has 3 rings (SSSR count). The SMILES string of the molecule is O=C(COc1ccccc1F)N[C@@H]1CCc2ccccc21. The smallest absolute Gasteiger partial charge is 0.258 e. The molecule has 0 spiro atoms. The van der Waals surface area contributed by atoms with Gasteiger partial charge in [-0.2, -0.15) is 0 Å². The van der Waals surface area contributed by atoms with E-state index in [1.807, 2.05) is 18.2 Å². The minimum atomic E-state index is -0.462. The Morgan fingerprint density at radius 1 is 1.19 bits per heavy atom. The maximum atomic E-state index is 13.4. The Bertz CT molecular complexity index is 657. The van der Waals surface area contributed by atoms with Gasteiger partial charge in [0.2, 0.25) is 0 Å². The van der Waals surface area contributed by atoms with Crippen LogP contribution in [0.5, 0.6) is 5.75 Å². The van der Waals surface area contributed by atoms with E-state index in [1.165, 1.54) is 17.7 Å². The van der Waals surface area contributed by atoms with Gasteiger partial charge < -0.3 is 10.1 Å². The van der Waals surface area contributed by atoms with Gasteiger partial charge >= 0.3 is 0 Å². The van der Waals surface area contributed by atoms with E-state index >= 15 is 0 Å². The van der Waals surface area contributed by atoms with Crippen LogP contribution in [0.2, 0.25) is 0 Å². The van der Waals surface area contributed by atoms with E-state index in [-0.39, 0.29) is 24.3 Å². The zero-order chi connectivity index (χ0) is 14.7. The second kappa shape index (κ2) is 5.95. The van der Waals surface area contributed by atoms with Gasteiger partial charge in [0, 0.05) is 0 Å². The molecule has 4 heteroatoms. The van der Waals surface area contributed by atoms with E-state index in [2.05, 4.69) is 11.4 Å². The van der Waals surface area contributed by atoms with Gasteiger partial charge in [-0.25, -0.2) is 4.39 Å². The van der Waals surface area contributed by atoms with Crippen LogP contribution in [-0.2, 0) is 11.2 Å². The fraction of sp³-hybridized carbons (Fsp3) is 0.235. The summed E-state index contributed by atoms with van der Waals surface area (Å²) in [7, 11) is 0. The standard InChI is InChI=1S/C17H16FNO2/c18-14-7-3-4-8-16(14)21-11-17(20)19-15-10-9-12-5-1-2-6-13(12)15/h1-8,15H,9-11H2,(H,19,20)/t15-/m1/s1. The predicted molar refractivity (Wildman–Crippen MR) is 77.5 cm³/mol. The van der Waals surface area contributed by atoms with Crippen molar-refractivity contribution in [2.75, 3.05) is 6.61 Å². The molecule has 0 fully saturated rings. The summed E-state index contributed by atoms with van der Waals surface area (Å²) in [4.78, 5) is 11.9. The van der Waals surface area contributed by atoms with Crippen LogP contribution in [0.25, 0.3) is 0 Å². The number of hydrogen-bond donors (Lipinski definition) is 1. The molecule has 2 aromatic rings. The van der Waals surface area contributed by atoms with E-state index in [0.29, 0.717) is 0 Å². The van der Waals surface area contributed by atoms with E-state index in [1.54, 1.807) is 12.1 Å². The van der Waals surface area contributed by atoms with Gasteiger partial charge in [0.1, 0.15) is 0 Å². The fourth-order valence-corrected chi connectivity index (χ4v) is 2.65. The molecule has 1 N–H and O–H groups in total. The summed E-state index contributed by atoms with van der Waals surface area (Å²) in [5.41, 5.74) is 2.44. The van der Waals surface area contributed by atoms with E-state index in [0.717, 1.165) is 18.4 Å². The number of nitrogens with one attached hydrogen (secondary N) is 1. The summed E-state index contributed by atoms with van der Waals surface area (Å²) < 4.78 is 18.6. The third kappa shape index (κ3) is 3.05. The van der Waals surface area contributed by atoms with Crippen LogP contribution >= 0.6 is 0 Å². The van der Waals surface area contributed by atoms with Crippen LogP contribution in [0.15, 0.2) is 48.5 Å². The first-order valence-electron chi connectivity index (χ1n) is 6.98. The molecule has 0 unspecified atom stereocenters. The molecule has 21 heavy (non-hydrogen) atoms. The number of fused-ring (bicyclic) bond motifs is 1. The van der Waals surface area contributed by atoms with Gasteiger partial charge in [0.25, 0.3) is 5.91 Å². The van der Waals surface area contributed by atoms with Gasteiger partial charge in [-0.3, -0.25) is 4.79 Å². The Labute approximate surface area is 122 Å². The first-order chi connectivity index (χ1) is 10.2. The molecule has 1 amide bonds. The number of carbonyl (C=O) groups is 1. The van der Waals surface area contributed by atoms with Crippen molar-refractivity contribution in [3.8, 4) is 5.75 Å². The van der Waals surface area contributed by atoms with Crippen molar-refractivity contribution in [2.45, 2.75) is 18.9 Å². The Hall–Kier alpha value is -2.36. The van der Waals surface area contributed by atoms with Crippen molar-refractivity contribution in [3.63, 3.8) is 0 Å².